The maximum absolute atomic E-state index is 5.40. The summed E-state index contributed by atoms with van der Waals surface area (Å²) in [5.41, 5.74) is 2.48. The summed E-state index contributed by atoms with van der Waals surface area (Å²) in [6.45, 7) is 12.3. The molecule has 1 aliphatic rings. The summed E-state index contributed by atoms with van der Waals surface area (Å²) < 4.78 is 5.40. The lowest BCUT2D eigenvalue weighted by atomic mass is 9.93. The van der Waals surface area contributed by atoms with Crippen LogP contribution >= 0.6 is 0 Å². The van der Waals surface area contributed by atoms with E-state index >= 15 is 0 Å². The zero-order valence-corrected chi connectivity index (χ0v) is 21.5. The maximum Gasteiger partial charge on any atom is 0.227 e. The number of nitrogens with zero attached hydrogens (tertiary/aromatic N) is 7. The Balaban J connectivity index is 1.41. The molecule has 0 radical (unpaired) electrons. The van der Waals surface area contributed by atoms with Gasteiger partial charge in [-0.25, -0.2) is 9.97 Å². The lowest BCUT2D eigenvalue weighted by Gasteiger charge is -2.40. The molecule has 0 aliphatic carbocycles. The van der Waals surface area contributed by atoms with Gasteiger partial charge < -0.3 is 19.5 Å². The highest BCUT2D eigenvalue weighted by atomic mass is 16.4. The van der Waals surface area contributed by atoms with E-state index in [4.69, 9.17) is 14.4 Å². The van der Waals surface area contributed by atoms with Crippen LogP contribution in [0.25, 0.3) is 10.8 Å². The van der Waals surface area contributed by atoms with Crippen molar-refractivity contribution in [3.05, 3.63) is 54.5 Å². The number of hydrogen-bond acceptors (Lipinski definition) is 9. The number of unbranched alkanes of at least 4 members (excludes halogenated alkanes) is 1. The van der Waals surface area contributed by atoms with Crippen LogP contribution in [0.2, 0.25) is 0 Å². The lowest BCUT2D eigenvalue weighted by Crippen LogP contribution is -2.45. The first kappa shape index (κ1) is 24.0. The van der Waals surface area contributed by atoms with E-state index in [2.05, 4.69) is 76.2 Å². The highest BCUT2D eigenvalue weighted by Crippen LogP contribution is 2.38. The van der Waals surface area contributed by atoms with Crippen molar-refractivity contribution in [3.63, 3.8) is 0 Å². The topological polar surface area (TPSA) is 96.1 Å². The molecule has 0 saturated carbocycles. The number of nitrogens with one attached hydrogen (secondary N) is 1. The molecule has 1 fully saturated rings. The second kappa shape index (κ2) is 10.5. The van der Waals surface area contributed by atoms with Crippen LogP contribution in [0.5, 0.6) is 0 Å². The minimum Gasteiger partial charge on any atom is -0.428 e. The number of benzene rings is 1. The number of hydrogen-bond donors (Lipinski definition) is 1. The highest BCUT2D eigenvalue weighted by molar-refractivity contribution is 5.98. The molecule has 188 valence electrons. The smallest absolute Gasteiger partial charge is 0.227 e. The minimum atomic E-state index is 0.271. The Bertz CT molecular complexity index is 1300. The number of anilines is 4. The molecule has 0 unspecified atom stereocenters. The molecule has 36 heavy (non-hydrogen) atoms. The first-order valence-corrected chi connectivity index (χ1v) is 12.9. The number of rotatable bonds is 10. The quantitative estimate of drug-likeness (QED) is 0.311. The lowest BCUT2D eigenvalue weighted by molar-refractivity contribution is 0.396. The Morgan fingerprint density at radius 2 is 1.97 bits per heavy atom. The van der Waals surface area contributed by atoms with Crippen LogP contribution in [-0.2, 0) is 0 Å². The van der Waals surface area contributed by atoms with E-state index in [1.807, 2.05) is 18.5 Å². The summed E-state index contributed by atoms with van der Waals surface area (Å²) in [5, 5.41) is 13.7. The molecule has 1 N–H and O–H groups in total. The Morgan fingerprint density at radius 1 is 1.11 bits per heavy atom. The van der Waals surface area contributed by atoms with Crippen LogP contribution in [0.15, 0.2) is 47.5 Å². The van der Waals surface area contributed by atoms with Crippen molar-refractivity contribution in [1.82, 2.24) is 25.1 Å². The van der Waals surface area contributed by atoms with Gasteiger partial charge in [-0.05, 0) is 48.4 Å². The minimum absolute atomic E-state index is 0.271. The Morgan fingerprint density at radius 3 is 2.69 bits per heavy atom. The summed E-state index contributed by atoms with van der Waals surface area (Å²) in [7, 11) is 0. The number of fused-ring (bicyclic) bond motifs is 1. The average molecular weight is 487 g/mol. The van der Waals surface area contributed by atoms with Gasteiger partial charge in [-0.2, -0.15) is 4.98 Å². The molecule has 9 heteroatoms. The zero-order chi connectivity index (χ0) is 25.1. The van der Waals surface area contributed by atoms with E-state index in [9.17, 15) is 0 Å². The fourth-order valence-electron chi connectivity index (χ4n) is 4.74. The van der Waals surface area contributed by atoms with E-state index < -0.39 is 0 Å². The standard InChI is InChI=1S/C27H34N8O/c1-5-7-12-34(6-2)27-28-11-10-24(32-27)31-25-13-21-20(18(3)4)8-9-23(22(21)14-29-25)35-15-19(16-35)26-33-30-17-36-26/h8-11,13-14,17-19H,5-7,12,15-16H2,1-4H3,(H,28,29,31,32). The van der Waals surface area contributed by atoms with Gasteiger partial charge in [0.25, 0.3) is 0 Å². The number of pyridine rings is 1. The normalized spacial score (nSPS) is 13.9. The van der Waals surface area contributed by atoms with Gasteiger partial charge >= 0.3 is 0 Å². The summed E-state index contributed by atoms with van der Waals surface area (Å²) >= 11 is 0. The van der Waals surface area contributed by atoms with Gasteiger partial charge in [0.1, 0.15) is 11.6 Å². The molecular formula is C27H34N8O. The highest BCUT2D eigenvalue weighted by Gasteiger charge is 2.33. The monoisotopic (exact) mass is 486 g/mol. The first-order chi connectivity index (χ1) is 17.6. The molecule has 0 spiro atoms. The Hall–Kier alpha value is -3.75. The van der Waals surface area contributed by atoms with Crippen LogP contribution in [0.3, 0.4) is 0 Å². The van der Waals surface area contributed by atoms with Gasteiger partial charge in [0.15, 0.2) is 0 Å². The van der Waals surface area contributed by atoms with Crippen molar-refractivity contribution in [2.24, 2.45) is 0 Å². The molecule has 1 saturated heterocycles. The molecule has 4 aromatic rings. The van der Waals surface area contributed by atoms with Gasteiger partial charge in [-0.15, -0.1) is 10.2 Å². The van der Waals surface area contributed by atoms with E-state index in [0.717, 1.165) is 62.0 Å². The van der Waals surface area contributed by atoms with Crippen LogP contribution in [-0.4, -0.2) is 51.3 Å². The van der Waals surface area contributed by atoms with Crippen molar-refractivity contribution in [2.75, 3.05) is 41.3 Å². The largest absolute Gasteiger partial charge is 0.428 e. The van der Waals surface area contributed by atoms with E-state index in [1.54, 1.807) is 0 Å². The molecule has 5 rings (SSSR count). The first-order valence-electron chi connectivity index (χ1n) is 12.9. The van der Waals surface area contributed by atoms with Crippen molar-refractivity contribution in [3.8, 4) is 0 Å². The van der Waals surface area contributed by atoms with Crippen molar-refractivity contribution in [2.45, 2.75) is 52.4 Å². The van der Waals surface area contributed by atoms with E-state index in [0.29, 0.717) is 11.8 Å². The molecule has 0 amide bonds. The van der Waals surface area contributed by atoms with Crippen molar-refractivity contribution < 1.29 is 4.42 Å². The molecule has 4 heterocycles. The molecule has 3 aromatic heterocycles. The van der Waals surface area contributed by atoms with Crippen molar-refractivity contribution >= 4 is 34.0 Å². The molecular weight excluding hydrogens is 452 g/mol. The Kier molecular flexibility index (Phi) is 6.97. The predicted molar refractivity (Wildman–Crippen MR) is 143 cm³/mol. The van der Waals surface area contributed by atoms with Crippen LogP contribution in [0.4, 0.5) is 23.3 Å². The third-order valence-electron chi connectivity index (χ3n) is 6.83. The molecule has 1 aromatic carbocycles. The zero-order valence-electron chi connectivity index (χ0n) is 21.5. The fraction of sp³-hybridized carbons (Fsp3) is 0.444. The van der Waals surface area contributed by atoms with Crippen LogP contribution in [0.1, 0.15) is 63.8 Å². The van der Waals surface area contributed by atoms with Gasteiger partial charge in [-0.3, -0.25) is 0 Å². The third kappa shape index (κ3) is 4.82. The summed E-state index contributed by atoms with van der Waals surface area (Å²) in [5.74, 6) is 3.63. The van der Waals surface area contributed by atoms with E-state index in [1.165, 1.54) is 23.0 Å². The van der Waals surface area contributed by atoms with E-state index in [-0.39, 0.29) is 5.92 Å². The van der Waals surface area contributed by atoms with Crippen LogP contribution < -0.4 is 15.1 Å². The molecule has 9 nitrogen and oxygen atoms in total. The second-order valence-corrected chi connectivity index (χ2v) is 9.62. The molecule has 0 bridgehead atoms. The molecule has 1 aliphatic heterocycles. The SMILES string of the molecule is CCCCN(CC)c1nccc(Nc2cc3c(C(C)C)ccc(N4CC(c5nnco5)C4)c3cn2)n1. The number of aromatic nitrogens is 5. The summed E-state index contributed by atoms with van der Waals surface area (Å²) in [6, 6.07) is 8.48. The van der Waals surface area contributed by atoms with Gasteiger partial charge in [0.05, 0.1) is 5.92 Å². The van der Waals surface area contributed by atoms with Crippen LogP contribution in [0, 0.1) is 0 Å². The third-order valence-corrected chi connectivity index (χ3v) is 6.83. The summed E-state index contributed by atoms with van der Waals surface area (Å²) in [6.07, 6.45) is 7.44. The summed E-state index contributed by atoms with van der Waals surface area (Å²) in [4.78, 5) is 18.6. The molecule has 0 atom stereocenters. The van der Waals surface area contributed by atoms with Crippen molar-refractivity contribution in [1.29, 1.82) is 0 Å². The predicted octanol–water partition coefficient (Wildman–Crippen LogP) is 5.51. The fourth-order valence-corrected chi connectivity index (χ4v) is 4.74. The Labute approximate surface area is 212 Å². The maximum atomic E-state index is 5.40. The van der Waals surface area contributed by atoms with Gasteiger partial charge in [0, 0.05) is 49.6 Å². The average Bonchev–Trinajstić information content (AvgIpc) is 3.38. The van der Waals surface area contributed by atoms with Gasteiger partial charge in [-0.1, -0.05) is 33.3 Å². The van der Waals surface area contributed by atoms with Gasteiger partial charge in [0.2, 0.25) is 18.2 Å². The second-order valence-electron chi connectivity index (χ2n) is 9.62.